The fourth-order valence-electron chi connectivity index (χ4n) is 4.01. The summed E-state index contributed by atoms with van der Waals surface area (Å²) >= 11 is 0. The molecule has 0 radical (unpaired) electrons. The highest BCUT2D eigenvalue weighted by Gasteiger charge is 2.18. The molecule has 0 aliphatic rings. The van der Waals surface area contributed by atoms with Crippen molar-refractivity contribution in [2.24, 2.45) is 0 Å². The largest absolute Gasteiger partial charge is 0.493 e. The van der Waals surface area contributed by atoms with Gasteiger partial charge in [0.15, 0.2) is 17.3 Å². The zero-order chi connectivity index (χ0) is 26.7. The molecule has 3 aromatic carbocycles. The van der Waals surface area contributed by atoms with Crippen LogP contribution in [0.2, 0.25) is 0 Å². The van der Waals surface area contributed by atoms with Crippen LogP contribution in [0.15, 0.2) is 90.2 Å². The second-order valence-corrected chi connectivity index (χ2v) is 9.98. The molecule has 5 rings (SSSR count). The molecule has 0 spiro atoms. The van der Waals surface area contributed by atoms with E-state index in [1.165, 1.54) is 6.07 Å². The second-order valence-electron chi connectivity index (χ2n) is 8.29. The standard InChI is InChI=1S/C28H24N4O5S/c1-18-16-20(32-38(33,34)21-7-4-6-19(17-21)28-30-13-5-14-31-28)8-10-23(18)37-24-12-15-29-26-22(24)9-11-25(35-2)27(26)36-3/h4-17,32H,1-3H3. The van der Waals surface area contributed by atoms with Crippen LogP contribution < -0.4 is 18.9 Å². The smallest absolute Gasteiger partial charge is 0.261 e. The molecule has 0 saturated heterocycles. The predicted octanol–water partition coefficient (Wildman–Crippen LogP) is 5.61. The quantitative estimate of drug-likeness (QED) is 0.277. The Kier molecular flexibility index (Phi) is 6.80. The number of pyridine rings is 1. The first kappa shape index (κ1) is 25.0. The van der Waals surface area contributed by atoms with E-state index >= 15 is 0 Å². The molecular formula is C28H24N4O5S. The Bertz CT molecular complexity index is 1730. The summed E-state index contributed by atoms with van der Waals surface area (Å²) in [6, 6.07) is 18.7. The molecule has 5 aromatic rings. The topological polar surface area (TPSA) is 113 Å². The number of aromatic nitrogens is 3. The molecule has 0 unspecified atom stereocenters. The van der Waals surface area contributed by atoms with Crippen LogP contribution in [-0.4, -0.2) is 37.6 Å². The maximum absolute atomic E-state index is 13.1. The molecule has 0 amide bonds. The molecule has 0 fully saturated rings. The van der Waals surface area contributed by atoms with Crippen LogP contribution in [0, 0.1) is 6.92 Å². The normalized spacial score (nSPS) is 11.2. The summed E-state index contributed by atoms with van der Waals surface area (Å²) in [6.07, 6.45) is 4.85. The minimum absolute atomic E-state index is 0.105. The van der Waals surface area contributed by atoms with Gasteiger partial charge >= 0.3 is 0 Å². The van der Waals surface area contributed by atoms with E-state index in [0.29, 0.717) is 45.6 Å². The molecule has 0 aliphatic heterocycles. The molecule has 192 valence electrons. The van der Waals surface area contributed by atoms with Crippen molar-refractivity contribution in [3.8, 4) is 34.4 Å². The first-order valence-electron chi connectivity index (χ1n) is 11.6. The van der Waals surface area contributed by atoms with Crippen LogP contribution in [0.1, 0.15) is 5.56 Å². The van der Waals surface area contributed by atoms with Gasteiger partial charge in [-0.1, -0.05) is 12.1 Å². The van der Waals surface area contributed by atoms with Crippen molar-refractivity contribution >= 4 is 26.6 Å². The van der Waals surface area contributed by atoms with Crippen molar-refractivity contribution in [3.63, 3.8) is 0 Å². The van der Waals surface area contributed by atoms with E-state index in [0.717, 1.165) is 10.9 Å². The Hall–Kier alpha value is -4.70. The number of hydrogen-bond acceptors (Lipinski definition) is 8. The monoisotopic (exact) mass is 528 g/mol. The third kappa shape index (κ3) is 4.94. The van der Waals surface area contributed by atoms with Gasteiger partial charge in [0, 0.05) is 35.2 Å². The van der Waals surface area contributed by atoms with E-state index < -0.39 is 10.0 Å². The summed E-state index contributed by atoms with van der Waals surface area (Å²) in [7, 11) is -0.731. The molecule has 1 N–H and O–H groups in total. The number of hydrogen-bond donors (Lipinski definition) is 1. The summed E-state index contributed by atoms with van der Waals surface area (Å²) in [5.41, 5.74) is 2.35. The van der Waals surface area contributed by atoms with Crippen LogP contribution in [0.4, 0.5) is 5.69 Å². The van der Waals surface area contributed by atoms with Gasteiger partial charge in [0.1, 0.15) is 17.0 Å². The van der Waals surface area contributed by atoms with E-state index in [-0.39, 0.29) is 4.90 Å². The molecule has 9 nitrogen and oxygen atoms in total. The van der Waals surface area contributed by atoms with Crippen LogP contribution >= 0.6 is 0 Å². The van der Waals surface area contributed by atoms with E-state index in [1.807, 2.05) is 13.0 Å². The molecule has 0 aliphatic carbocycles. The van der Waals surface area contributed by atoms with Gasteiger partial charge < -0.3 is 14.2 Å². The maximum atomic E-state index is 13.1. The SMILES string of the molecule is COc1ccc2c(Oc3ccc(NS(=O)(=O)c4cccc(-c5ncccn5)c4)cc3C)ccnc2c1OC. The van der Waals surface area contributed by atoms with Crippen molar-refractivity contribution in [1.29, 1.82) is 0 Å². The minimum Gasteiger partial charge on any atom is -0.493 e. The van der Waals surface area contributed by atoms with Crippen LogP contribution in [0.5, 0.6) is 23.0 Å². The summed E-state index contributed by atoms with van der Waals surface area (Å²) in [4.78, 5) is 12.9. The first-order chi connectivity index (χ1) is 18.4. The van der Waals surface area contributed by atoms with Crippen molar-refractivity contribution in [2.45, 2.75) is 11.8 Å². The van der Waals surface area contributed by atoms with Crippen LogP contribution in [-0.2, 0) is 10.0 Å². The van der Waals surface area contributed by atoms with Crippen molar-refractivity contribution in [1.82, 2.24) is 15.0 Å². The molecule has 38 heavy (non-hydrogen) atoms. The van der Waals surface area contributed by atoms with Gasteiger partial charge in [0.25, 0.3) is 10.0 Å². The highest BCUT2D eigenvalue weighted by Crippen LogP contribution is 2.39. The number of anilines is 1. The van der Waals surface area contributed by atoms with E-state index in [2.05, 4.69) is 19.7 Å². The molecule has 0 saturated carbocycles. The first-order valence-corrected chi connectivity index (χ1v) is 13.1. The number of rotatable bonds is 8. The maximum Gasteiger partial charge on any atom is 0.261 e. The highest BCUT2D eigenvalue weighted by atomic mass is 32.2. The average Bonchev–Trinajstić information content (AvgIpc) is 2.94. The van der Waals surface area contributed by atoms with Crippen LogP contribution in [0.3, 0.4) is 0 Å². The summed E-state index contributed by atoms with van der Waals surface area (Å²) < 4.78 is 45.9. The third-order valence-corrected chi connectivity index (χ3v) is 7.21. The lowest BCUT2D eigenvalue weighted by molar-refractivity contribution is 0.358. The van der Waals surface area contributed by atoms with E-state index in [9.17, 15) is 8.42 Å². The number of aryl methyl sites for hydroxylation is 1. The number of benzene rings is 3. The minimum atomic E-state index is -3.86. The van der Waals surface area contributed by atoms with Gasteiger partial charge in [-0.15, -0.1) is 0 Å². The Morgan fingerprint density at radius 2 is 1.55 bits per heavy atom. The Morgan fingerprint density at radius 1 is 0.763 bits per heavy atom. The molecule has 2 heterocycles. The molecule has 10 heteroatoms. The lowest BCUT2D eigenvalue weighted by Crippen LogP contribution is -2.13. The van der Waals surface area contributed by atoms with Gasteiger partial charge in [0.05, 0.1) is 19.1 Å². The number of nitrogens with one attached hydrogen (secondary N) is 1. The zero-order valence-electron chi connectivity index (χ0n) is 20.9. The molecule has 0 bridgehead atoms. The Labute approximate surface area is 220 Å². The third-order valence-electron chi connectivity index (χ3n) is 5.83. The second kappa shape index (κ2) is 10.3. The average molecular weight is 529 g/mol. The van der Waals surface area contributed by atoms with Gasteiger partial charge in [-0.25, -0.2) is 18.4 Å². The fraction of sp³-hybridized carbons (Fsp3) is 0.107. The predicted molar refractivity (Wildman–Crippen MR) is 144 cm³/mol. The fourth-order valence-corrected chi connectivity index (χ4v) is 5.10. The number of sulfonamides is 1. The van der Waals surface area contributed by atoms with Gasteiger partial charge in [0.2, 0.25) is 0 Å². The van der Waals surface area contributed by atoms with Gasteiger partial charge in [-0.05, 0) is 67.1 Å². The Balaban J connectivity index is 1.40. The highest BCUT2D eigenvalue weighted by molar-refractivity contribution is 7.92. The van der Waals surface area contributed by atoms with Gasteiger partial charge in [-0.3, -0.25) is 9.71 Å². The van der Waals surface area contributed by atoms with Crippen molar-refractivity contribution < 1.29 is 22.6 Å². The lowest BCUT2D eigenvalue weighted by atomic mass is 10.1. The summed E-state index contributed by atoms with van der Waals surface area (Å²) in [5.74, 6) is 2.67. The van der Waals surface area contributed by atoms with Crippen molar-refractivity contribution in [2.75, 3.05) is 18.9 Å². The zero-order valence-corrected chi connectivity index (χ0v) is 21.7. The Morgan fingerprint density at radius 3 is 2.29 bits per heavy atom. The van der Waals surface area contributed by atoms with E-state index in [4.69, 9.17) is 14.2 Å². The lowest BCUT2D eigenvalue weighted by Gasteiger charge is -2.15. The van der Waals surface area contributed by atoms with Gasteiger partial charge in [-0.2, -0.15) is 0 Å². The summed E-state index contributed by atoms with van der Waals surface area (Å²) in [6.45, 7) is 1.84. The van der Waals surface area contributed by atoms with Crippen molar-refractivity contribution in [3.05, 3.63) is 90.9 Å². The van der Waals surface area contributed by atoms with Crippen LogP contribution in [0.25, 0.3) is 22.3 Å². The number of methoxy groups -OCH3 is 2. The number of nitrogens with zero attached hydrogens (tertiary/aromatic N) is 3. The van der Waals surface area contributed by atoms with E-state index in [1.54, 1.807) is 87.4 Å². The number of ether oxygens (including phenoxy) is 3. The molecule has 0 atom stereocenters. The number of fused-ring (bicyclic) bond motifs is 1. The summed E-state index contributed by atoms with van der Waals surface area (Å²) in [5, 5.41) is 0.747. The molecular weight excluding hydrogens is 504 g/mol. The molecule has 2 aromatic heterocycles.